The van der Waals surface area contributed by atoms with E-state index in [0.29, 0.717) is 0 Å². The zero-order chi connectivity index (χ0) is 11.4. The van der Waals surface area contributed by atoms with Crippen molar-refractivity contribution in [1.29, 1.82) is 0 Å². The third-order valence-corrected chi connectivity index (χ3v) is 1.76. The van der Waals surface area contributed by atoms with Gasteiger partial charge in [-0.1, -0.05) is 0 Å². The molecule has 0 saturated carbocycles. The Hall–Kier alpha value is -1.73. The number of methoxy groups -OCH3 is 1. The number of hydrogen-bond acceptors (Lipinski definition) is 6. The van der Waals surface area contributed by atoms with Gasteiger partial charge in [0.25, 0.3) is 0 Å². The summed E-state index contributed by atoms with van der Waals surface area (Å²) in [5.41, 5.74) is 4.85. The third kappa shape index (κ3) is 2.61. The minimum absolute atomic E-state index is 0.0436. The number of nitrogens with zero attached hydrogens (tertiary/aromatic N) is 2. The fraction of sp³-hybridized carbons (Fsp3) is 0.375. The zero-order valence-electron chi connectivity index (χ0n) is 7.99. The fourth-order valence-electron chi connectivity index (χ4n) is 0.914. The predicted octanol–water partition coefficient (Wildman–Crippen LogP) is -1.64. The van der Waals surface area contributed by atoms with Crippen molar-refractivity contribution in [2.24, 2.45) is 5.73 Å². The first-order valence-corrected chi connectivity index (χ1v) is 4.09. The standard InChI is InChI=1S/C8H11N3O4/c1-15-5-3-2-4(10-11-5)6(12)7(13)8(9)14/h2-3,6-7,12-13H,1H3,(H2,9,14). The van der Waals surface area contributed by atoms with Gasteiger partial charge in [0.15, 0.2) is 6.10 Å². The molecule has 0 radical (unpaired) electrons. The van der Waals surface area contributed by atoms with Gasteiger partial charge in [0.05, 0.1) is 12.8 Å². The van der Waals surface area contributed by atoms with Crippen molar-refractivity contribution in [3.8, 4) is 5.88 Å². The maximum atomic E-state index is 10.6. The summed E-state index contributed by atoms with van der Waals surface area (Å²) < 4.78 is 4.75. The summed E-state index contributed by atoms with van der Waals surface area (Å²) >= 11 is 0. The van der Waals surface area contributed by atoms with Crippen LogP contribution in [0.5, 0.6) is 5.88 Å². The first-order valence-electron chi connectivity index (χ1n) is 4.09. The largest absolute Gasteiger partial charge is 0.480 e. The van der Waals surface area contributed by atoms with E-state index in [1.165, 1.54) is 19.2 Å². The highest BCUT2D eigenvalue weighted by Crippen LogP contribution is 2.15. The molecular formula is C8H11N3O4. The molecule has 1 amide bonds. The molecule has 0 spiro atoms. The van der Waals surface area contributed by atoms with Crippen molar-refractivity contribution in [3.63, 3.8) is 0 Å². The summed E-state index contributed by atoms with van der Waals surface area (Å²) in [5.74, 6) is -0.764. The molecule has 7 heteroatoms. The lowest BCUT2D eigenvalue weighted by molar-refractivity contribution is -0.132. The number of rotatable bonds is 4. The molecule has 0 aliphatic heterocycles. The Labute approximate surface area is 85.5 Å². The van der Waals surface area contributed by atoms with Gasteiger partial charge in [-0.05, 0) is 6.07 Å². The summed E-state index contributed by atoms with van der Waals surface area (Å²) in [7, 11) is 1.42. The lowest BCUT2D eigenvalue weighted by Gasteiger charge is -2.13. The van der Waals surface area contributed by atoms with Gasteiger partial charge in [-0.3, -0.25) is 4.79 Å². The molecule has 1 aromatic heterocycles. The number of amides is 1. The number of aromatic nitrogens is 2. The van der Waals surface area contributed by atoms with Crippen molar-refractivity contribution < 1.29 is 19.7 Å². The molecule has 7 nitrogen and oxygen atoms in total. The van der Waals surface area contributed by atoms with E-state index < -0.39 is 18.1 Å². The van der Waals surface area contributed by atoms with Crippen LogP contribution in [0, 0.1) is 0 Å². The Kier molecular flexibility index (Phi) is 3.53. The monoisotopic (exact) mass is 213 g/mol. The lowest BCUT2D eigenvalue weighted by Crippen LogP contribution is -2.34. The summed E-state index contributed by atoms with van der Waals surface area (Å²) in [4.78, 5) is 10.6. The lowest BCUT2D eigenvalue weighted by atomic mass is 10.1. The molecule has 0 fully saturated rings. The average molecular weight is 213 g/mol. The van der Waals surface area contributed by atoms with Crippen molar-refractivity contribution in [2.75, 3.05) is 7.11 Å². The van der Waals surface area contributed by atoms with E-state index >= 15 is 0 Å². The van der Waals surface area contributed by atoms with Crippen LogP contribution in [0.1, 0.15) is 11.8 Å². The quantitative estimate of drug-likeness (QED) is 0.552. The molecule has 0 saturated heterocycles. The van der Waals surface area contributed by atoms with Crippen LogP contribution in [0.3, 0.4) is 0 Å². The van der Waals surface area contributed by atoms with Crippen LogP contribution in [0.25, 0.3) is 0 Å². The van der Waals surface area contributed by atoms with Crippen LogP contribution < -0.4 is 10.5 Å². The number of aliphatic hydroxyl groups is 2. The highest BCUT2D eigenvalue weighted by Gasteiger charge is 2.24. The minimum Gasteiger partial charge on any atom is -0.480 e. The Morgan fingerprint density at radius 1 is 1.47 bits per heavy atom. The third-order valence-electron chi connectivity index (χ3n) is 1.76. The molecule has 0 bridgehead atoms. The molecule has 15 heavy (non-hydrogen) atoms. The van der Waals surface area contributed by atoms with Crippen molar-refractivity contribution in [3.05, 3.63) is 17.8 Å². The molecule has 0 aromatic carbocycles. The van der Waals surface area contributed by atoms with E-state index in [-0.39, 0.29) is 11.6 Å². The normalized spacial score (nSPS) is 14.3. The van der Waals surface area contributed by atoms with Gasteiger partial charge in [0.2, 0.25) is 11.8 Å². The van der Waals surface area contributed by atoms with E-state index in [4.69, 9.17) is 15.6 Å². The molecular weight excluding hydrogens is 202 g/mol. The molecule has 2 unspecified atom stereocenters. The van der Waals surface area contributed by atoms with E-state index in [1.54, 1.807) is 0 Å². The second kappa shape index (κ2) is 4.67. The highest BCUT2D eigenvalue weighted by atomic mass is 16.5. The van der Waals surface area contributed by atoms with Gasteiger partial charge < -0.3 is 20.7 Å². The Bertz CT molecular complexity index is 340. The summed E-state index contributed by atoms with van der Waals surface area (Å²) in [5, 5.41) is 25.7. The Balaban J connectivity index is 2.82. The van der Waals surface area contributed by atoms with E-state index in [9.17, 15) is 9.90 Å². The van der Waals surface area contributed by atoms with Crippen molar-refractivity contribution in [1.82, 2.24) is 10.2 Å². The van der Waals surface area contributed by atoms with Gasteiger partial charge in [-0.25, -0.2) is 0 Å². The van der Waals surface area contributed by atoms with Crippen molar-refractivity contribution >= 4 is 5.91 Å². The molecule has 0 aliphatic carbocycles. The second-order valence-electron chi connectivity index (χ2n) is 2.79. The van der Waals surface area contributed by atoms with Gasteiger partial charge in [-0.2, -0.15) is 0 Å². The summed E-state index contributed by atoms with van der Waals surface area (Å²) in [6.45, 7) is 0. The van der Waals surface area contributed by atoms with E-state index in [1.807, 2.05) is 0 Å². The molecule has 0 aliphatic rings. The molecule has 1 heterocycles. The first kappa shape index (κ1) is 11.3. The first-order chi connectivity index (χ1) is 7.06. The second-order valence-corrected chi connectivity index (χ2v) is 2.79. The topological polar surface area (TPSA) is 119 Å². The number of carbonyl (C=O) groups excluding carboxylic acids is 1. The van der Waals surface area contributed by atoms with Crippen LogP contribution >= 0.6 is 0 Å². The smallest absolute Gasteiger partial charge is 0.249 e. The number of ether oxygens (including phenoxy) is 1. The summed E-state index contributed by atoms with van der Waals surface area (Å²) in [6, 6.07) is 2.82. The van der Waals surface area contributed by atoms with Gasteiger partial charge >= 0.3 is 0 Å². The maximum Gasteiger partial charge on any atom is 0.249 e. The minimum atomic E-state index is -1.70. The molecule has 1 aromatic rings. The SMILES string of the molecule is COc1ccc(C(O)C(O)C(N)=O)nn1. The van der Waals surface area contributed by atoms with Crippen LogP contribution in [-0.4, -0.2) is 39.5 Å². The van der Waals surface area contributed by atoms with Gasteiger partial charge in [-0.15, -0.1) is 10.2 Å². The Morgan fingerprint density at radius 3 is 2.53 bits per heavy atom. The van der Waals surface area contributed by atoms with Crippen LogP contribution in [0.2, 0.25) is 0 Å². The fourth-order valence-corrected chi connectivity index (χ4v) is 0.914. The van der Waals surface area contributed by atoms with Gasteiger partial charge in [0.1, 0.15) is 6.10 Å². The highest BCUT2D eigenvalue weighted by molar-refractivity contribution is 5.79. The zero-order valence-corrected chi connectivity index (χ0v) is 7.99. The average Bonchev–Trinajstić information content (AvgIpc) is 2.27. The molecule has 2 atom stereocenters. The maximum absolute atomic E-state index is 10.6. The Morgan fingerprint density at radius 2 is 2.13 bits per heavy atom. The van der Waals surface area contributed by atoms with E-state index in [0.717, 1.165) is 0 Å². The molecule has 82 valence electrons. The molecule has 4 N–H and O–H groups in total. The molecule has 1 rings (SSSR count). The van der Waals surface area contributed by atoms with Gasteiger partial charge in [0, 0.05) is 6.07 Å². The summed E-state index contributed by atoms with van der Waals surface area (Å²) in [6.07, 6.45) is -3.19. The van der Waals surface area contributed by atoms with Crippen molar-refractivity contribution in [2.45, 2.75) is 12.2 Å². The number of carbonyl (C=O) groups is 1. The number of nitrogens with two attached hydrogens (primary N) is 1. The number of primary amides is 1. The van der Waals surface area contributed by atoms with Crippen LogP contribution in [0.15, 0.2) is 12.1 Å². The number of hydrogen-bond donors (Lipinski definition) is 3. The number of aliphatic hydroxyl groups excluding tert-OH is 2. The van der Waals surface area contributed by atoms with Crippen LogP contribution in [-0.2, 0) is 4.79 Å². The van der Waals surface area contributed by atoms with E-state index in [2.05, 4.69) is 10.2 Å². The predicted molar refractivity (Wildman–Crippen MR) is 48.7 cm³/mol. The van der Waals surface area contributed by atoms with Crippen LogP contribution in [0.4, 0.5) is 0 Å².